The third-order valence-corrected chi connectivity index (χ3v) is 5.23. The lowest BCUT2D eigenvalue weighted by Gasteiger charge is -2.23. The molecular formula is C23H22F5N. The fourth-order valence-corrected chi connectivity index (χ4v) is 3.65. The molecule has 1 aliphatic rings. The second kappa shape index (κ2) is 8.89. The Hall–Kier alpha value is -2.50. The molecule has 1 unspecified atom stereocenters. The number of alkyl halides is 3. The van der Waals surface area contributed by atoms with E-state index < -0.39 is 29.8 Å². The number of nitrogens with zero attached hydrogens (tertiary/aromatic N) is 1. The standard InChI is InChI=1S/C23H22F5N/c1-2-3-4-19-11-9-18(14-29-19)15-5-7-16(8-6-15)20-12-10-17(13-23(26,27)28)21(24)22(20)25/h2,7,9-12,14-15H,1,3-6,8,13H2. The number of halogens is 5. The van der Waals surface area contributed by atoms with Crippen LogP contribution in [0.2, 0.25) is 0 Å². The van der Waals surface area contributed by atoms with Gasteiger partial charge in [-0.1, -0.05) is 30.4 Å². The zero-order valence-corrected chi connectivity index (χ0v) is 15.9. The third kappa shape index (κ3) is 5.31. The summed E-state index contributed by atoms with van der Waals surface area (Å²) in [5.74, 6) is -2.39. The Morgan fingerprint density at radius 1 is 1.10 bits per heavy atom. The molecule has 29 heavy (non-hydrogen) atoms. The summed E-state index contributed by atoms with van der Waals surface area (Å²) in [5, 5.41) is 0. The maximum Gasteiger partial charge on any atom is 0.393 e. The molecule has 0 saturated heterocycles. The van der Waals surface area contributed by atoms with Gasteiger partial charge in [0.25, 0.3) is 0 Å². The molecule has 154 valence electrons. The highest BCUT2D eigenvalue weighted by Crippen LogP contribution is 2.37. The molecule has 1 aromatic carbocycles. The molecule has 1 aliphatic carbocycles. The molecule has 0 bridgehead atoms. The van der Waals surface area contributed by atoms with Crippen molar-refractivity contribution in [3.63, 3.8) is 0 Å². The molecule has 0 N–H and O–H groups in total. The van der Waals surface area contributed by atoms with Crippen molar-refractivity contribution < 1.29 is 22.0 Å². The first-order chi connectivity index (χ1) is 13.8. The number of benzene rings is 1. The van der Waals surface area contributed by atoms with Crippen molar-refractivity contribution in [2.24, 2.45) is 0 Å². The zero-order chi connectivity index (χ0) is 21.0. The number of aryl methyl sites for hydroxylation is 1. The summed E-state index contributed by atoms with van der Waals surface area (Å²) < 4.78 is 66.0. The van der Waals surface area contributed by atoms with Gasteiger partial charge in [-0.3, -0.25) is 4.98 Å². The molecule has 3 rings (SSSR count). The molecule has 1 atom stereocenters. The first kappa shape index (κ1) is 21.2. The summed E-state index contributed by atoms with van der Waals surface area (Å²) in [4.78, 5) is 4.46. The molecule has 1 aromatic heterocycles. The predicted octanol–water partition coefficient (Wildman–Crippen LogP) is 6.93. The fraction of sp³-hybridized carbons (Fsp3) is 0.348. The highest BCUT2D eigenvalue weighted by Gasteiger charge is 2.31. The van der Waals surface area contributed by atoms with Crippen LogP contribution < -0.4 is 0 Å². The summed E-state index contributed by atoms with van der Waals surface area (Å²) in [5.41, 5.74) is 2.10. The van der Waals surface area contributed by atoms with Gasteiger partial charge in [-0.25, -0.2) is 8.78 Å². The van der Waals surface area contributed by atoms with Crippen molar-refractivity contribution in [3.05, 3.63) is 83.2 Å². The van der Waals surface area contributed by atoms with Crippen molar-refractivity contribution >= 4 is 5.57 Å². The van der Waals surface area contributed by atoms with Gasteiger partial charge in [-0.15, -0.1) is 6.58 Å². The van der Waals surface area contributed by atoms with Crippen molar-refractivity contribution in [2.45, 2.75) is 50.6 Å². The Labute approximate surface area is 167 Å². The second-order valence-electron chi connectivity index (χ2n) is 7.30. The van der Waals surface area contributed by atoms with Crippen molar-refractivity contribution in [3.8, 4) is 0 Å². The van der Waals surface area contributed by atoms with Crippen LogP contribution in [0, 0.1) is 11.6 Å². The topological polar surface area (TPSA) is 12.9 Å². The van der Waals surface area contributed by atoms with Crippen LogP contribution in [0.25, 0.3) is 5.57 Å². The molecule has 2 aromatic rings. The van der Waals surface area contributed by atoms with E-state index in [-0.39, 0.29) is 11.5 Å². The van der Waals surface area contributed by atoms with Crippen LogP contribution in [0.1, 0.15) is 54.0 Å². The summed E-state index contributed by atoms with van der Waals surface area (Å²) in [6.07, 6.45) is 3.11. The van der Waals surface area contributed by atoms with E-state index in [4.69, 9.17) is 0 Å². The first-order valence-electron chi connectivity index (χ1n) is 9.57. The molecule has 0 spiro atoms. The van der Waals surface area contributed by atoms with Crippen molar-refractivity contribution in [2.75, 3.05) is 0 Å². The van der Waals surface area contributed by atoms with Gasteiger partial charge in [0, 0.05) is 17.5 Å². The quantitative estimate of drug-likeness (QED) is 0.374. The second-order valence-corrected chi connectivity index (χ2v) is 7.30. The lowest BCUT2D eigenvalue weighted by Crippen LogP contribution is -2.14. The van der Waals surface area contributed by atoms with Gasteiger partial charge < -0.3 is 0 Å². The van der Waals surface area contributed by atoms with Crippen molar-refractivity contribution in [1.82, 2.24) is 4.98 Å². The summed E-state index contributed by atoms with van der Waals surface area (Å²) in [6, 6.07) is 6.31. The predicted molar refractivity (Wildman–Crippen MR) is 103 cm³/mol. The number of aromatic nitrogens is 1. The minimum atomic E-state index is -4.58. The lowest BCUT2D eigenvalue weighted by atomic mass is 9.83. The molecule has 6 heteroatoms. The smallest absolute Gasteiger partial charge is 0.261 e. The summed E-state index contributed by atoms with van der Waals surface area (Å²) in [6.45, 7) is 3.70. The van der Waals surface area contributed by atoms with E-state index in [0.29, 0.717) is 18.4 Å². The van der Waals surface area contributed by atoms with Gasteiger partial charge >= 0.3 is 6.18 Å². The van der Waals surface area contributed by atoms with Gasteiger partial charge in [0.05, 0.1) is 6.42 Å². The van der Waals surface area contributed by atoms with E-state index >= 15 is 0 Å². The molecule has 1 heterocycles. The Kier molecular flexibility index (Phi) is 6.50. The number of allylic oxidation sites excluding steroid dienone is 3. The normalized spacial score (nSPS) is 17.1. The largest absolute Gasteiger partial charge is 0.393 e. The molecule has 0 radical (unpaired) electrons. The van der Waals surface area contributed by atoms with Crippen LogP contribution in [0.4, 0.5) is 22.0 Å². The minimum absolute atomic E-state index is 0.0461. The fourth-order valence-electron chi connectivity index (χ4n) is 3.65. The maximum atomic E-state index is 14.4. The van der Waals surface area contributed by atoms with Gasteiger partial charge in [0.2, 0.25) is 0 Å². The monoisotopic (exact) mass is 407 g/mol. The number of pyridine rings is 1. The SMILES string of the molecule is C=CCCc1ccc(C2CC=C(c3ccc(CC(F)(F)F)c(F)c3F)CC2)cn1. The van der Waals surface area contributed by atoms with Gasteiger partial charge in [0.15, 0.2) is 11.6 Å². The molecular weight excluding hydrogens is 385 g/mol. The summed E-state index contributed by atoms with van der Waals surface area (Å²) >= 11 is 0. The maximum absolute atomic E-state index is 14.4. The van der Waals surface area contributed by atoms with Gasteiger partial charge in [-0.05, 0) is 60.8 Å². The summed E-state index contributed by atoms with van der Waals surface area (Å²) in [7, 11) is 0. The molecule has 1 nitrogen and oxygen atoms in total. The molecule has 0 aliphatic heterocycles. The van der Waals surface area contributed by atoms with Crippen LogP contribution in [-0.2, 0) is 12.8 Å². The minimum Gasteiger partial charge on any atom is -0.261 e. The van der Waals surface area contributed by atoms with Crippen LogP contribution in [0.5, 0.6) is 0 Å². The van der Waals surface area contributed by atoms with E-state index in [9.17, 15) is 22.0 Å². The highest BCUT2D eigenvalue weighted by atomic mass is 19.4. The Morgan fingerprint density at radius 3 is 2.48 bits per heavy atom. The average Bonchev–Trinajstić information content (AvgIpc) is 2.70. The zero-order valence-electron chi connectivity index (χ0n) is 15.9. The Balaban J connectivity index is 1.72. The Morgan fingerprint density at radius 2 is 1.90 bits per heavy atom. The van der Waals surface area contributed by atoms with E-state index in [0.717, 1.165) is 36.6 Å². The first-order valence-corrected chi connectivity index (χ1v) is 9.57. The van der Waals surface area contributed by atoms with Crippen LogP contribution >= 0.6 is 0 Å². The van der Waals surface area contributed by atoms with E-state index in [1.807, 2.05) is 30.5 Å². The van der Waals surface area contributed by atoms with Crippen LogP contribution in [-0.4, -0.2) is 11.2 Å². The molecule has 0 fully saturated rings. The lowest BCUT2D eigenvalue weighted by molar-refractivity contribution is -0.127. The number of hydrogen-bond acceptors (Lipinski definition) is 1. The van der Waals surface area contributed by atoms with E-state index in [2.05, 4.69) is 11.6 Å². The van der Waals surface area contributed by atoms with Gasteiger partial charge in [0.1, 0.15) is 0 Å². The number of hydrogen-bond donors (Lipinski definition) is 0. The number of rotatable bonds is 6. The van der Waals surface area contributed by atoms with E-state index in [1.54, 1.807) is 0 Å². The molecule has 0 saturated carbocycles. The average molecular weight is 407 g/mol. The van der Waals surface area contributed by atoms with Crippen LogP contribution in [0.3, 0.4) is 0 Å². The Bertz CT molecular complexity index is 897. The highest BCUT2D eigenvalue weighted by molar-refractivity contribution is 5.67. The van der Waals surface area contributed by atoms with E-state index in [1.165, 1.54) is 6.07 Å². The third-order valence-electron chi connectivity index (χ3n) is 5.23. The molecule has 0 amide bonds. The van der Waals surface area contributed by atoms with Gasteiger partial charge in [-0.2, -0.15) is 13.2 Å². The van der Waals surface area contributed by atoms with Crippen LogP contribution in [0.15, 0.2) is 49.2 Å². The van der Waals surface area contributed by atoms with Crippen molar-refractivity contribution in [1.29, 1.82) is 0 Å².